The van der Waals surface area contributed by atoms with Crippen LogP contribution in [0.15, 0.2) is 18.6 Å². The Kier molecular flexibility index (Phi) is 5.67. The Morgan fingerprint density at radius 1 is 1.19 bits per heavy atom. The van der Waals surface area contributed by atoms with Crippen LogP contribution in [0.3, 0.4) is 0 Å². The molecule has 0 saturated heterocycles. The second kappa shape index (κ2) is 8.48. The first-order chi connectivity index (χ1) is 15.4. The zero-order valence-corrected chi connectivity index (χ0v) is 20.3. The van der Waals surface area contributed by atoms with E-state index >= 15 is 0 Å². The largest absolute Gasteiger partial charge is 0.493 e. The number of thiazole rings is 1. The molecule has 2 N–H and O–H groups in total. The van der Waals surface area contributed by atoms with Crippen LogP contribution in [0.2, 0.25) is 0 Å². The molecule has 0 aromatic carbocycles. The van der Waals surface area contributed by atoms with E-state index in [1.165, 1.54) is 41.1 Å². The molecule has 7 nitrogen and oxygen atoms in total. The number of nitrogens with one attached hydrogen (secondary N) is 2. The molecule has 4 heterocycles. The molecule has 32 heavy (non-hydrogen) atoms. The van der Waals surface area contributed by atoms with E-state index in [0.717, 1.165) is 22.4 Å². The molecular formula is C24H32N6OS. The molecule has 1 aliphatic rings. The van der Waals surface area contributed by atoms with Crippen LogP contribution in [0.1, 0.15) is 75.8 Å². The molecule has 4 aromatic rings. The van der Waals surface area contributed by atoms with Crippen LogP contribution in [-0.4, -0.2) is 43.8 Å². The van der Waals surface area contributed by atoms with Gasteiger partial charge in [0, 0.05) is 35.3 Å². The maximum atomic E-state index is 5.58. The molecule has 1 aliphatic carbocycles. The van der Waals surface area contributed by atoms with Crippen molar-refractivity contribution in [1.29, 1.82) is 0 Å². The van der Waals surface area contributed by atoms with E-state index in [2.05, 4.69) is 48.1 Å². The summed E-state index contributed by atoms with van der Waals surface area (Å²) in [6.07, 6.45) is 8.45. The summed E-state index contributed by atoms with van der Waals surface area (Å²) in [6, 6.07) is 3.24. The van der Waals surface area contributed by atoms with Gasteiger partial charge in [-0.1, -0.05) is 27.7 Å². The van der Waals surface area contributed by atoms with Crippen molar-refractivity contribution >= 4 is 27.3 Å². The second-order valence-electron chi connectivity index (χ2n) is 9.49. The van der Waals surface area contributed by atoms with Gasteiger partial charge in [0.25, 0.3) is 0 Å². The van der Waals surface area contributed by atoms with E-state index in [1.807, 2.05) is 23.6 Å². The molecule has 0 amide bonds. The number of nitrogens with zero attached hydrogens (tertiary/aromatic N) is 4. The molecule has 0 aliphatic heterocycles. The molecule has 1 saturated carbocycles. The number of aromatic amines is 1. The number of hydrogen-bond acceptors (Lipinski definition) is 6. The summed E-state index contributed by atoms with van der Waals surface area (Å²) in [5, 5.41) is 9.31. The number of pyridine rings is 1. The first-order valence-corrected chi connectivity index (χ1v) is 12.4. The number of methoxy groups -OCH3 is 1. The number of H-pyrrole nitrogens is 1. The van der Waals surface area contributed by atoms with Crippen molar-refractivity contribution in [1.82, 2.24) is 29.9 Å². The molecule has 0 spiro atoms. The van der Waals surface area contributed by atoms with Gasteiger partial charge in [0.1, 0.15) is 16.7 Å². The predicted octanol–water partition coefficient (Wildman–Crippen LogP) is 5.49. The molecule has 8 heteroatoms. The van der Waals surface area contributed by atoms with Crippen molar-refractivity contribution in [3.8, 4) is 17.0 Å². The van der Waals surface area contributed by atoms with E-state index in [-0.39, 0.29) is 0 Å². The van der Waals surface area contributed by atoms with E-state index in [4.69, 9.17) is 9.72 Å². The average molecular weight is 453 g/mol. The molecule has 170 valence electrons. The normalized spacial score (nSPS) is 19.6. The quantitative estimate of drug-likeness (QED) is 0.404. The van der Waals surface area contributed by atoms with Gasteiger partial charge < -0.3 is 15.0 Å². The van der Waals surface area contributed by atoms with Gasteiger partial charge >= 0.3 is 0 Å². The van der Waals surface area contributed by atoms with Crippen molar-refractivity contribution in [2.45, 2.75) is 77.3 Å². The highest BCUT2D eigenvalue weighted by molar-refractivity contribution is 7.18. The third kappa shape index (κ3) is 3.79. The molecular weight excluding hydrogens is 420 g/mol. The summed E-state index contributed by atoms with van der Waals surface area (Å²) >= 11 is 1.83. The van der Waals surface area contributed by atoms with Gasteiger partial charge in [-0.2, -0.15) is 5.10 Å². The van der Waals surface area contributed by atoms with Crippen molar-refractivity contribution in [3.63, 3.8) is 0 Å². The zero-order valence-electron chi connectivity index (χ0n) is 19.5. The summed E-state index contributed by atoms with van der Waals surface area (Å²) in [5.41, 5.74) is 5.24. The highest BCUT2D eigenvalue weighted by atomic mass is 32.1. The van der Waals surface area contributed by atoms with E-state index in [0.29, 0.717) is 29.7 Å². The lowest BCUT2D eigenvalue weighted by molar-refractivity contribution is 0.326. The van der Waals surface area contributed by atoms with Crippen molar-refractivity contribution < 1.29 is 4.74 Å². The van der Waals surface area contributed by atoms with E-state index < -0.39 is 0 Å². The fourth-order valence-corrected chi connectivity index (χ4v) is 6.18. The minimum absolute atomic E-state index is 0.345. The monoisotopic (exact) mass is 452 g/mol. The van der Waals surface area contributed by atoms with Crippen LogP contribution in [0.5, 0.6) is 5.75 Å². The molecule has 4 aromatic heterocycles. The molecule has 5 rings (SSSR count). The summed E-state index contributed by atoms with van der Waals surface area (Å²) in [5.74, 6) is 1.63. The topological polar surface area (TPSA) is 80.1 Å². The Morgan fingerprint density at radius 2 is 1.97 bits per heavy atom. The summed E-state index contributed by atoms with van der Waals surface area (Å²) < 4.78 is 7.35. The van der Waals surface area contributed by atoms with Gasteiger partial charge in [-0.25, -0.2) is 14.5 Å². The van der Waals surface area contributed by atoms with Gasteiger partial charge in [0.2, 0.25) is 0 Å². The van der Waals surface area contributed by atoms with Gasteiger partial charge in [0.15, 0.2) is 11.4 Å². The lowest BCUT2D eigenvalue weighted by atomic mass is 9.86. The third-order valence-electron chi connectivity index (χ3n) is 6.48. The van der Waals surface area contributed by atoms with Crippen molar-refractivity contribution in [2.24, 2.45) is 0 Å². The molecule has 1 fully saturated rings. The number of aromatic nitrogens is 5. The zero-order chi connectivity index (χ0) is 22.4. The number of ether oxygens (including phenoxy) is 1. The Hall–Kier alpha value is -2.45. The third-order valence-corrected chi connectivity index (χ3v) is 7.61. The van der Waals surface area contributed by atoms with Crippen LogP contribution >= 0.6 is 11.3 Å². The summed E-state index contributed by atoms with van der Waals surface area (Å²) in [4.78, 5) is 14.3. The molecule has 0 bridgehead atoms. The Labute approximate surface area is 192 Å². The Balaban J connectivity index is 1.49. The lowest BCUT2D eigenvalue weighted by Crippen LogP contribution is -2.37. The fourth-order valence-electron chi connectivity index (χ4n) is 5.03. The highest BCUT2D eigenvalue weighted by Gasteiger charge is 2.27. The highest BCUT2D eigenvalue weighted by Crippen LogP contribution is 2.42. The average Bonchev–Trinajstić information content (AvgIpc) is 3.46. The standard InChI is InChI=1S/C24H32N6OS/c1-13(2)19-20(16-10-18(31-5)22-25-12-26-30(22)11-16)28-24-21(19)29-23(32-24)15-6-8-17(9-7-15)27-14(3)4/h10-15,17,27-28H,6-9H2,1-5H3. The SMILES string of the molecule is COc1cc(-c2[nH]c3sc(C4CCC(NC(C)C)CC4)nc3c2C(C)C)cn2ncnc12. The minimum atomic E-state index is 0.345. The summed E-state index contributed by atoms with van der Waals surface area (Å²) in [7, 11) is 1.67. The Morgan fingerprint density at radius 3 is 2.66 bits per heavy atom. The Bertz CT molecular complexity index is 1230. The minimum Gasteiger partial charge on any atom is -0.493 e. The molecule has 0 unspecified atom stereocenters. The van der Waals surface area contributed by atoms with Gasteiger partial charge in [-0.15, -0.1) is 11.3 Å². The van der Waals surface area contributed by atoms with Crippen LogP contribution in [0.4, 0.5) is 0 Å². The lowest BCUT2D eigenvalue weighted by Gasteiger charge is -2.29. The van der Waals surface area contributed by atoms with Gasteiger partial charge in [-0.05, 0) is 37.7 Å². The molecule has 0 radical (unpaired) electrons. The number of rotatable bonds is 6. The number of fused-ring (bicyclic) bond motifs is 2. The fraction of sp³-hybridized carbons (Fsp3) is 0.542. The number of hydrogen-bond donors (Lipinski definition) is 2. The molecule has 0 atom stereocenters. The van der Waals surface area contributed by atoms with E-state index in [9.17, 15) is 0 Å². The van der Waals surface area contributed by atoms with Gasteiger partial charge in [-0.3, -0.25) is 0 Å². The first-order valence-electron chi connectivity index (χ1n) is 11.6. The van der Waals surface area contributed by atoms with Crippen LogP contribution < -0.4 is 10.1 Å². The second-order valence-corrected chi connectivity index (χ2v) is 10.5. The predicted molar refractivity (Wildman–Crippen MR) is 130 cm³/mol. The van der Waals surface area contributed by atoms with Crippen LogP contribution in [0.25, 0.3) is 27.3 Å². The van der Waals surface area contributed by atoms with Crippen molar-refractivity contribution in [2.75, 3.05) is 7.11 Å². The maximum absolute atomic E-state index is 5.58. The van der Waals surface area contributed by atoms with Gasteiger partial charge in [0.05, 0.1) is 17.8 Å². The van der Waals surface area contributed by atoms with E-state index in [1.54, 1.807) is 18.0 Å². The smallest absolute Gasteiger partial charge is 0.197 e. The van der Waals surface area contributed by atoms with Crippen LogP contribution in [-0.2, 0) is 0 Å². The maximum Gasteiger partial charge on any atom is 0.197 e. The first kappa shape index (κ1) is 21.4. The van der Waals surface area contributed by atoms with Crippen molar-refractivity contribution in [3.05, 3.63) is 29.2 Å². The van der Waals surface area contributed by atoms with Crippen LogP contribution in [0, 0.1) is 0 Å². The summed E-state index contributed by atoms with van der Waals surface area (Å²) in [6.45, 7) is 8.94.